The van der Waals surface area contributed by atoms with Gasteiger partial charge in [-0.2, -0.15) is 0 Å². The molecule has 0 unspecified atom stereocenters. The van der Waals surface area contributed by atoms with Crippen LogP contribution >= 0.6 is 0 Å². The molecule has 0 aromatic rings. The number of carbonyl (C=O) groups is 3. The van der Waals surface area contributed by atoms with Gasteiger partial charge in [0.05, 0.1) is 24.4 Å². The molecule has 278 valence electrons. The number of aliphatic hydroxyl groups excluding tert-OH is 6. The van der Waals surface area contributed by atoms with Crippen LogP contribution in [-0.4, -0.2) is 125 Å². The highest BCUT2D eigenvalue weighted by Gasteiger charge is 2.75. The summed E-state index contributed by atoms with van der Waals surface area (Å²) in [6.45, 7) is 12.5. The van der Waals surface area contributed by atoms with E-state index in [2.05, 4.69) is 0 Å². The molecule has 13 nitrogen and oxygen atoms in total. The third-order valence-electron chi connectivity index (χ3n) is 13.9. The molecule has 3 saturated carbocycles. The van der Waals surface area contributed by atoms with Gasteiger partial charge in [0.15, 0.2) is 17.9 Å². The minimum atomic E-state index is -2.13. The molecule has 4 aliphatic carbocycles. The topological polar surface area (TPSA) is 232 Å². The summed E-state index contributed by atoms with van der Waals surface area (Å²) in [6, 6.07) is 0. The van der Waals surface area contributed by atoms with Crippen molar-refractivity contribution in [1.29, 1.82) is 0 Å². The number of ketones is 3. The van der Waals surface area contributed by atoms with Gasteiger partial charge in [-0.25, -0.2) is 0 Å². The second-order valence-corrected chi connectivity index (χ2v) is 17.5. The monoisotopic (exact) mass is 696 g/mol. The number of carbonyl (C=O) groups excluding carboxylic acids is 3. The van der Waals surface area contributed by atoms with Crippen LogP contribution in [0.4, 0.5) is 0 Å². The van der Waals surface area contributed by atoms with Gasteiger partial charge in [-0.3, -0.25) is 14.4 Å². The Morgan fingerprint density at radius 2 is 1.61 bits per heavy atom. The Hall–Kier alpha value is -1.65. The van der Waals surface area contributed by atoms with Gasteiger partial charge in [-0.05, 0) is 76.5 Å². The van der Waals surface area contributed by atoms with Gasteiger partial charge in [0.25, 0.3) is 0 Å². The lowest BCUT2D eigenvalue weighted by Gasteiger charge is -2.64. The SMILES string of the molecule is CC1(C)C(=O)[C@@H](O[C@@H]2O[C@H](CO)[C@@H](O)[C@H](O)[C@H]2O)C[C@@H]2C1=CC[C@@H]1[C@@]2(C)C(=O)C[C@]2(C)[C@@H]([C@@](C)(O)C(=O)C[C@@H](O)C(C)(C)O)[C@H](O)C[C@@]12C. The molecule has 15 atom stereocenters. The van der Waals surface area contributed by atoms with Crippen molar-refractivity contribution in [1.82, 2.24) is 0 Å². The zero-order valence-corrected chi connectivity index (χ0v) is 29.8. The van der Waals surface area contributed by atoms with Gasteiger partial charge in [0.1, 0.15) is 41.9 Å². The summed E-state index contributed by atoms with van der Waals surface area (Å²) in [6.07, 6.45) is -9.59. The Morgan fingerprint density at radius 3 is 2.18 bits per heavy atom. The van der Waals surface area contributed by atoms with E-state index in [1.807, 2.05) is 26.8 Å². The molecule has 5 rings (SSSR count). The van der Waals surface area contributed by atoms with E-state index in [1.54, 1.807) is 13.8 Å². The average molecular weight is 697 g/mol. The first kappa shape index (κ1) is 38.6. The highest BCUT2D eigenvalue weighted by molar-refractivity contribution is 5.95. The summed E-state index contributed by atoms with van der Waals surface area (Å²) in [7, 11) is 0. The Morgan fingerprint density at radius 1 is 1.00 bits per heavy atom. The lowest BCUT2D eigenvalue weighted by molar-refractivity contribution is -0.311. The van der Waals surface area contributed by atoms with Gasteiger partial charge < -0.3 is 50.3 Å². The molecule has 5 aliphatic rings. The molecule has 13 heteroatoms. The highest BCUT2D eigenvalue weighted by atomic mass is 16.7. The number of rotatable bonds is 8. The fourth-order valence-electron chi connectivity index (χ4n) is 10.6. The molecule has 0 spiro atoms. The Kier molecular flexibility index (Phi) is 9.61. The number of fused-ring (bicyclic) bond motifs is 5. The number of allylic oxidation sites excluding steroid dienone is 2. The van der Waals surface area contributed by atoms with Gasteiger partial charge in [0.2, 0.25) is 0 Å². The summed E-state index contributed by atoms with van der Waals surface area (Å²) in [5.74, 6) is -3.16. The van der Waals surface area contributed by atoms with Crippen LogP contribution in [0.2, 0.25) is 0 Å². The number of aliphatic hydroxyl groups is 8. The van der Waals surface area contributed by atoms with Crippen molar-refractivity contribution in [2.45, 2.75) is 148 Å². The molecule has 49 heavy (non-hydrogen) atoms. The Bertz CT molecular complexity index is 1380. The van der Waals surface area contributed by atoms with E-state index in [9.17, 15) is 55.2 Å². The van der Waals surface area contributed by atoms with E-state index in [0.29, 0.717) is 6.42 Å². The number of hydrogen-bond acceptors (Lipinski definition) is 13. The molecule has 0 aromatic carbocycles. The van der Waals surface area contributed by atoms with Crippen LogP contribution in [-0.2, 0) is 23.9 Å². The summed E-state index contributed by atoms with van der Waals surface area (Å²) in [5, 5.41) is 85.1. The quantitative estimate of drug-likeness (QED) is 0.156. The van der Waals surface area contributed by atoms with E-state index in [0.717, 1.165) is 5.57 Å². The first-order chi connectivity index (χ1) is 22.3. The van der Waals surface area contributed by atoms with Crippen LogP contribution in [0, 0.1) is 39.4 Å². The van der Waals surface area contributed by atoms with Crippen molar-refractivity contribution < 1.29 is 64.7 Å². The largest absolute Gasteiger partial charge is 0.394 e. The average Bonchev–Trinajstić information content (AvgIpc) is 3.20. The molecule has 8 N–H and O–H groups in total. The lowest BCUT2D eigenvalue weighted by atomic mass is 9.38. The number of ether oxygens (including phenoxy) is 2. The second-order valence-electron chi connectivity index (χ2n) is 17.5. The van der Waals surface area contributed by atoms with Crippen molar-refractivity contribution in [3.8, 4) is 0 Å². The van der Waals surface area contributed by atoms with E-state index in [1.165, 1.54) is 20.8 Å². The normalized spacial score (nSPS) is 47.0. The molecule has 0 bridgehead atoms. The first-order valence-corrected chi connectivity index (χ1v) is 17.4. The van der Waals surface area contributed by atoms with Gasteiger partial charge >= 0.3 is 0 Å². The summed E-state index contributed by atoms with van der Waals surface area (Å²) in [4.78, 5) is 42.2. The zero-order valence-electron chi connectivity index (χ0n) is 29.8. The van der Waals surface area contributed by atoms with E-state index >= 15 is 0 Å². The van der Waals surface area contributed by atoms with Crippen LogP contribution in [0.15, 0.2) is 11.6 Å². The van der Waals surface area contributed by atoms with Crippen molar-refractivity contribution in [2.24, 2.45) is 39.4 Å². The third kappa shape index (κ3) is 5.53. The van der Waals surface area contributed by atoms with E-state index in [-0.39, 0.29) is 36.7 Å². The van der Waals surface area contributed by atoms with Crippen LogP contribution in [0.25, 0.3) is 0 Å². The maximum atomic E-state index is 14.7. The minimum absolute atomic E-state index is 0.0473. The molecule has 4 fully saturated rings. The fourth-order valence-corrected chi connectivity index (χ4v) is 10.6. The van der Waals surface area contributed by atoms with Crippen LogP contribution in [0.1, 0.15) is 87.5 Å². The first-order valence-electron chi connectivity index (χ1n) is 17.4. The second kappa shape index (κ2) is 12.2. The van der Waals surface area contributed by atoms with Crippen molar-refractivity contribution in [3.63, 3.8) is 0 Å². The molecule has 1 aliphatic heterocycles. The minimum Gasteiger partial charge on any atom is -0.394 e. The maximum absolute atomic E-state index is 14.7. The number of Topliss-reactive ketones (excluding diaryl/α,β-unsaturated/α-hetero) is 3. The number of hydrogen-bond donors (Lipinski definition) is 8. The lowest BCUT2D eigenvalue weighted by Crippen LogP contribution is -2.66. The zero-order chi connectivity index (χ0) is 37.0. The van der Waals surface area contributed by atoms with Crippen LogP contribution in [0.3, 0.4) is 0 Å². The molecule has 1 heterocycles. The van der Waals surface area contributed by atoms with Crippen molar-refractivity contribution in [2.75, 3.05) is 6.61 Å². The van der Waals surface area contributed by atoms with Crippen molar-refractivity contribution >= 4 is 17.3 Å². The van der Waals surface area contributed by atoms with Crippen LogP contribution in [0.5, 0.6) is 0 Å². The highest BCUT2D eigenvalue weighted by Crippen LogP contribution is 2.74. The molecular weight excluding hydrogens is 640 g/mol. The molecule has 0 amide bonds. The third-order valence-corrected chi connectivity index (χ3v) is 13.9. The van der Waals surface area contributed by atoms with Gasteiger partial charge in [-0.1, -0.05) is 32.4 Å². The maximum Gasteiger partial charge on any atom is 0.187 e. The predicted molar refractivity (Wildman–Crippen MR) is 172 cm³/mol. The smallest absolute Gasteiger partial charge is 0.187 e. The van der Waals surface area contributed by atoms with E-state index < -0.39 is 113 Å². The predicted octanol–water partition coefficient (Wildman–Crippen LogP) is -0.0525. The van der Waals surface area contributed by atoms with Crippen LogP contribution < -0.4 is 0 Å². The fraction of sp³-hybridized carbons (Fsp3) is 0.861. The molecular formula is C36H56O13. The molecule has 1 saturated heterocycles. The summed E-state index contributed by atoms with van der Waals surface area (Å²) < 4.78 is 11.6. The molecule has 0 aromatic heterocycles. The standard InChI is InChI=1S/C36H56O13/c1-31(2)16-9-10-21-33(5)13-18(38)28(36(8,47)23(40)12-22(39)32(3,4)46)34(33,6)14-24(41)35(21,7)17(16)11-19(29(31)45)48-30-27(44)26(43)25(42)20(15-37)49-30/h9,17-22,25-28,30,37-39,42-44,46-47H,10-15H2,1-8H3/t17-,18-,19+,20-,21+,22-,25-,26+,27-,28+,30-,33+,34-,35+,36+/m1/s1. The van der Waals surface area contributed by atoms with Gasteiger partial charge in [0, 0.05) is 29.6 Å². The Labute approximate surface area is 287 Å². The summed E-state index contributed by atoms with van der Waals surface area (Å²) >= 11 is 0. The van der Waals surface area contributed by atoms with E-state index in [4.69, 9.17) is 9.47 Å². The van der Waals surface area contributed by atoms with Gasteiger partial charge in [-0.15, -0.1) is 0 Å². The van der Waals surface area contributed by atoms with Crippen molar-refractivity contribution in [3.05, 3.63) is 11.6 Å². The Balaban J connectivity index is 1.49. The molecule has 0 radical (unpaired) electrons. The summed E-state index contributed by atoms with van der Waals surface area (Å²) in [5.41, 5.74) is -6.94.